The van der Waals surface area contributed by atoms with E-state index >= 15 is 0 Å². The number of nitrogens with zero attached hydrogens (tertiary/aromatic N) is 1. The molecule has 6 heteroatoms. The van der Waals surface area contributed by atoms with Crippen molar-refractivity contribution >= 4 is 17.8 Å². The molecule has 0 aromatic heterocycles. The van der Waals surface area contributed by atoms with Crippen molar-refractivity contribution in [1.82, 2.24) is 4.90 Å². The minimum Gasteiger partial charge on any atom is -0.497 e. The number of hydrogen-bond acceptors (Lipinski definition) is 4. The fourth-order valence-electron chi connectivity index (χ4n) is 2.48. The van der Waals surface area contributed by atoms with Gasteiger partial charge in [0, 0.05) is 24.4 Å². The van der Waals surface area contributed by atoms with Crippen LogP contribution in [0, 0.1) is 0 Å². The van der Waals surface area contributed by atoms with Crippen LogP contribution in [0.3, 0.4) is 0 Å². The minimum absolute atomic E-state index is 0.0557. The summed E-state index contributed by atoms with van der Waals surface area (Å²) in [4.78, 5) is 36.3. The molecule has 1 unspecified atom stereocenters. The first-order chi connectivity index (χ1) is 10.0. The normalized spacial score (nSPS) is 17.9. The fourth-order valence-corrected chi connectivity index (χ4v) is 2.48. The number of likely N-dealkylation sites (tertiary alicyclic amines) is 1. The summed E-state index contributed by atoms with van der Waals surface area (Å²) >= 11 is 0. The van der Waals surface area contributed by atoms with Gasteiger partial charge in [-0.15, -0.1) is 0 Å². The van der Waals surface area contributed by atoms with Crippen molar-refractivity contribution in [2.45, 2.75) is 31.7 Å². The highest BCUT2D eigenvalue weighted by Gasteiger charge is 2.36. The molecule has 0 bridgehead atoms. The Morgan fingerprint density at radius 3 is 2.86 bits per heavy atom. The number of carboxylic acids is 1. The Labute approximate surface area is 122 Å². The first kappa shape index (κ1) is 15.0. The molecule has 2 rings (SSSR count). The molecule has 0 spiro atoms. The predicted molar refractivity (Wildman–Crippen MR) is 74.1 cm³/mol. The number of aliphatic carboxylic acids is 1. The lowest BCUT2D eigenvalue weighted by molar-refractivity contribution is -0.137. The number of benzene rings is 1. The van der Waals surface area contributed by atoms with E-state index in [1.54, 1.807) is 24.3 Å². The second-order valence-corrected chi connectivity index (χ2v) is 4.93. The van der Waals surface area contributed by atoms with Crippen molar-refractivity contribution in [1.29, 1.82) is 0 Å². The number of rotatable bonds is 5. The maximum atomic E-state index is 12.5. The summed E-state index contributed by atoms with van der Waals surface area (Å²) in [7, 11) is 1.50. The molecule has 1 aliphatic rings. The topological polar surface area (TPSA) is 83.9 Å². The smallest absolute Gasteiger partial charge is 0.303 e. The summed E-state index contributed by atoms with van der Waals surface area (Å²) in [5.74, 6) is -1.04. The van der Waals surface area contributed by atoms with Gasteiger partial charge in [0.05, 0.1) is 7.11 Å². The fraction of sp³-hybridized carbons (Fsp3) is 0.400. The van der Waals surface area contributed by atoms with Crippen molar-refractivity contribution in [3.63, 3.8) is 0 Å². The predicted octanol–water partition coefficient (Wildman–Crippen LogP) is 1.69. The number of imide groups is 1. The zero-order chi connectivity index (χ0) is 15.4. The maximum Gasteiger partial charge on any atom is 0.303 e. The van der Waals surface area contributed by atoms with Crippen molar-refractivity contribution < 1.29 is 24.2 Å². The highest BCUT2D eigenvalue weighted by molar-refractivity contribution is 6.06. The Kier molecular flexibility index (Phi) is 4.57. The van der Waals surface area contributed by atoms with Crippen LogP contribution in [0.2, 0.25) is 0 Å². The number of methoxy groups -OCH3 is 1. The van der Waals surface area contributed by atoms with Crippen LogP contribution in [0.4, 0.5) is 0 Å². The maximum absolute atomic E-state index is 12.5. The minimum atomic E-state index is -0.928. The third-order valence-electron chi connectivity index (χ3n) is 3.55. The van der Waals surface area contributed by atoms with Gasteiger partial charge in [-0.1, -0.05) is 6.07 Å². The highest BCUT2D eigenvalue weighted by Crippen LogP contribution is 2.25. The van der Waals surface area contributed by atoms with Gasteiger partial charge in [0.25, 0.3) is 5.91 Å². The molecule has 1 N–H and O–H groups in total. The molecule has 1 aliphatic heterocycles. The third kappa shape index (κ3) is 3.39. The Bertz CT molecular complexity index is 569. The first-order valence-electron chi connectivity index (χ1n) is 6.75. The number of carbonyl (C=O) groups excluding carboxylic acids is 2. The van der Waals surface area contributed by atoms with Crippen molar-refractivity contribution in [3.05, 3.63) is 29.8 Å². The Hall–Kier alpha value is -2.37. The van der Waals surface area contributed by atoms with Gasteiger partial charge in [-0.2, -0.15) is 0 Å². The van der Waals surface area contributed by atoms with Gasteiger partial charge in [0.15, 0.2) is 0 Å². The van der Waals surface area contributed by atoms with Crippen LogP contribution in [0.5, 0.6) is 5.75 Å². The van der Waals surface area contributed by atoms with Crippen LogP contribution in [0.15, 0.2) is 24.3 Å². The van der Waals surface area contributed by atoms with E-state index in [9.17, 15) is 14.4 Å². The Morgan fingerprint density at radius 2 is 2.19 bits per heavy atom. The molecular formula is C15H17NO5. The lowest BCUT2D eigenvalue weighted by atomic mass is 10.1. The summed E-state index contributed by atoms with van der Waals surface area (Å²) in [5.41, 5.74) is 0.366. The van der Waals surface area contributed by atoms with E-state index in [1.807, 2.05) is 0 Å². The number of carbonyl (C=O) groups is 3. The molecule has 1 heterocycles. The van der Waals surface area contributed by atoms with Crippen molar-refractivity contribution in [2.24, 2.45) is 0 Å². The van der Waals surface area contributed by atoms with Crippen molar-refractivity contribution in [2.75, 3.05) is 7.11 Å². The van der Waals surface area contributed by atoms with E-state index in [2.05, 4.69) is 0 Å². The zero-order valence-electron chi connectivity index (χ0n) is 11.7. The van der Waals surface area contributed by atoms with Gasteiger partial charge in [0.2, 0.25) is 5.91 Å². The molecule has 6 nitrogen and oxygen atoms in total. The van der Waals surface area contributed by atoms with Gasteiger partial charge in [-0.25, -0.2) is 0 Å². The molecule has 112 valence electrons. The van der Waals surface area contributed by atoms with Crippen molar-refractivity contribution in [3.8, 4) is 5.75 Å². The standard InChI is InChI=1S/C15H17NO5/c1-21-12-4-2-3-10(9-12)15(20)16-11(5-7-13(16)17)6-8-14(18)19/h2-4,9,11H,5-8H2,1H3,(H,18,19). The van der Waals surface area contributed by atoms with Crippen LogP contribution in [-0.4, -0.2) is 40.9 Å². The highest BCUT2D eigenvalue weighted by atomic mass is 16.5. The van der Waals surface area contributed by atoms with Gasteiger partial charge >= 0.3 is 5.97 Å². The molecule has 1 saturated heterocycles. The summed E-state index contributed by atoms with van der Waals surface area (Å²) in [6.07, 6.45) is 1.03. The van der Waals surface area contributed by atoms with Gasteiger partial charge in [-0.3, -0.25) is 19.3 Å². The van der Waals surface area contributed by atoms with E-state index in [1.165, 1.54) is 12.0 Å². The molecular weight excluding hydrogens is 274 g/mol. The third-order valence-corrected chi connectivity index (χ3v) is 3.55. The molecule has 21 heavy (non-hydrogen) atoms. The molecule has 1 fully saturated rings. The molecule has 2 amide bonds. The molecule has 1 atom stereocenters. The summed E-state index contributed by atoms with van der Waals surface area (Å²) < 4.78 is 5.07. The summed E-state index contributed by atoms with van der Waals surface area (Å²) in [5, 5.41) is 8.75. The zero-order valence-corrected chi connectivity index (χ0v) is 11.7. The Balaban J connectivity index is 2.18. The number of amides is 2. The summed E-state index contributed by atoms with van der Waals surface area (Å²) in [6.45, 7) is 0. The second kappa shape index (κ2) is 6.39. The van der Waals surface area contributed by atoms with Crippen LogP contribution in [-0.2, 0) is 9.59 Å². The van der Waals surface area contributed by atoms with Crippen LogP contribution in [0.1, 0.15) is 36.0 Å². The SMILES string of the molecule is COc1cccc(C(=O)N2C(=O)CCC2CCC(=O)O)c1. The number of carboxylic acid groups (broad SMARTS) is 1. The Morgan fingerprint density at radius 1 is 1.43 bits per heavy atom. The van der Waals surface area contributed by atoms with E-state index in [0.29, 0.717) is 17.7 Å². The monoisotopic (exact) mass is 291 g/mol. The average Bonchev–Trinajstić information content (AvgIpc) is 2.85. The van der Waals surface area contributed by atoms with Gasteiger partial charge in [0.1, 0.15) is 5.75 Å². The number of ether oxygens (including phenoxy) is 1. The lowest BCUT2D eigenvalue weighted by Crippen LogP contribution is -2.38. The van der Waals surface area contributed by atoms with Gasteiger partial charge < -0.3 is 9.84 Å². The number of hydrogen-bond donors (Lipinski definition) is 1. The van der Waals surface area contributed by atoms with Crippen LogP contribution >= 0.6 is 0 Å². The van der Waals surface area contributed by atoms with E-state index in [0.717, 1.165) is 0 Å². The molecule has 0 aliphatic carbocycles. The van der Waals surface area contributed by atoms with Crippen LogP contribution < -0.4 is 4.74 Å². The van der Waals surface area contributed by atoms with E-state index in [-0.39, 0.29) is 31.2 Å². The second-order valence-electron chi connectivity index (χ2n) is 4.93. The van der Waals surface area contributed by atoms with Crippen LogP contribution in [0.25, 0.3) is 0 Å². The quantitative estimate of drug-likeness (QED) is 0.835. The largest absolute Gasteiger partial charge is 0.497 e. The first-order valence-corrected chi connectivity index (χ1v) is 6.75. The summed E-state index contributed by atoms with van der Waals surface area (Å²) in [6, 6.07) is 6.24. The molecule has 1 aromatic carbocycles. The molecule has 0 saturated carbocycles. The van der Waals surface area contributed by atoms with E-state index < -0.39 is 11.9 Å². The molecule has 0 radical (unpaired) electrons. The lowest BCUT2D eigenvalue weighted by Gasteiger charge is -2.22. The average molecular weight is 291 g/mol. The molecule has 1 aromatic rings. The van der Waals surface area contributed by atoms with Gasteiger partial charge in [-0.05, 0) is 31.0 Å². The van der Waals surface area contributed by atoms with E-state index in [4.69, 9.17) is 9.84 Å².